The smallest absolute Gasteiger partial charge is 0.303 e. The third-order valence-corrected chi connectivity index (χ3v) is 5.05. The molecule has 1 aliphatic rings. The van der Waals surface area contributed by atoms with Gasteiger partial charge in [-0.15, -0.1) is 5.73 Å². The molecular formula is C22H27ClO6. The summed E-state index contributed by atoms with van der Waals surface area (Å²) >= 11 is 5.89. The zero-order chi connectivity index (χ0) is 21.2. The molecule has 7 heteroatoms. The number of aliphatic hydroxyl groups is 3. The Morgan fingerprint density at radius 3 is 2.83 bits per heavy atom. The molecule has 0 spiro atoms. The standard InChI is InChI=1S/C22H27ClO6/c23-15-6-5-7-17(12-15)29-14-16(24)10-11-19-18(20(25)13-21(19)26)8-3-1-2-4-9-22(27)28/h2-3,5-7,10-12,16,18-21,24-26H,4,8-9,13-14H2,(H,27,28)/b11-10+. The van der Waals surface area contributed by atoms with Gasteiger partial charge in [-0.3, -0.25) is 4.79 Å². The van der Waals surface area contributed by atoms with Gasteiger partial charge in [0.1, 0.15) is 18.5 Å². The molecular weight excluding hydrogens is 396 g/mol. The highest BCUT2D eigenvalue weighted by atomic mass is 35.5. The summed E-state index contributed by atoms with van der Waals surface area (Å²) in [7, 11) is 0. The van der Waals surface area contributed by atoms with Gasteiger partial charge in [0.15, 0.2) is 0 Å². The van der Waals surface area contributed by atoms with Gasteiger partial charge < -0.3 is 25.2 Å². The first kappa shape index (κ1) is 23.2. The van der Waals surface area contributed by atoms with E-state index in [1.807, 2.05) is 0 Å². The fourth-order valence-corrected chi connectivity index (χ4v) is 3.50. The highest BCUT2D eigenvalue weighted by Crippen LogP contribution is 2.36. The lowest BCUT2D eigenvalue weighted by Gasteiger charge is -2.19. The van der Waals surface area contributed by atoms with Gasteiger partial charge >= 0.3 is 5.97 Å². The van der Waals surface area contributed by atoms with Gasteiger partial charge in [-0.2, -0.15) is 0 Å². The molecule has 0 bridgehead atoms. The van der Waals surface area contributed by atoms with Gasteiger partial charge in [0.2, 0.25) is 0 Å². The number of aliphatic hydroxyl groups excluding tert-OH is 3. The van der Waals surface area contributed by atoms with Crippen molar-refractivity contribution in [3.63, 3.8) is 0 Å². The van der Waals surface area contributed by atoms with Gasteiger partial charge in [0.25, 0.3) is 0 Å². The Balaban J connectivity index is 1.88. The maximum Gasteiger partial charge on any atom is 0.303 e. The molecule has 5 atom stereocenters. The molecule has 1 aromatic rings. The fourth-order valence-electron chi connectivity index (χ4n) is 3.32. The lowest BCUT2D eigenvalue weighted by atomic mass is 9.90. The predicted octanol–water partition coefficient (Wildman–Crippen LogP) is 2.96. The van der Waals surface area contributed by atoms with Crippen molar-refractivity contribution in [2.75, 3.05) is 6.61 Å². The van der Waals surface area contributed by atoms with Crippen LogP contribution >= 0.6 is 11.6 Å². The fraction of sp³-hybridized carbons (Fsp3) is 0.455. The van der Waals surface area contributed by atoms with Crippen molar-refractivity contribution in [2.45, 2.75) is 44.0 Å². The van der Waals surface area contributed by atoms with Crippen molar-refractivity contribution in [3.05, 3.63) is 59.3 Å². The van der Waals surface area contributed by atoms with E-state index in [0.29, 0.717) is 23.6 Å². The van der Waals surface area contributed by atoms with Crippen molar-refractivity contribution in [2.24, 2.45) is 11.8 Å². The van der Waals surface area contributed by atoms with Crippen molar-refractivity contribution < 1.29 is 30.0 Å². The number of rotatable bonds is 10. The molecule has 1 aliphatic carbocycles. The number of halogens is 1. The number of benzene rings is 1. The number of carboxylic acids is 1. The quantitative estimate of drug-likeness (QED) is 0.341. The molecule has 29 heavy (non-hydrogen) atoms. The van der Waals surface area contributed by atoms with Crippen LogP contribution in [0, 0.1) is 11.8 Å². The SMILES string of the molecule is O=C(O)CCC=C=CCC1C(O)CC(O)C1/C=C/C(O)COc1cccc(Cl)c1. The van der Waals surface area contributed by atoms with E-state index in [0.717, 1.165) is 0 Å². The molecule has 1 aromatic carbocycles. The summed E-state index contributed by atoms with van der Waals surface area (Å²) in [6, 6.07) is 6.88. The molecule has 158 valence electrons. The van der Waals surface area contributed by atoms with E-state index in [9.17, 15) is 20.1 Å². The first-order chi connectivity index (χ1) is 13.9. The second kappa shape index (κ2) is 11.8. The summed E-state index contributed by atoms with van der Waals surface area (Å²) < 4.78 is 5.50. The van der Waals surface area contributed by atoms with Crippen LogP contribution in [0.2, 0.25) is 5.02 Å². The molecule has 0 saturated heterocycles. The first-order valence-corrected chi connectivity index (χ1v) is 9.96. The number of allylic oxidation sites excluding steroid dienone is 1. The monoisotopic (exact) mass is 422 g/mol. The number of hydrogen-bond acceptors (Lipinski definition) is 5. The molecule has 0 amide bonds. The van der Waals surface area contributed by atoms with Crippen LogP contribution in [0.1, 0.15) is 25.7 Å². The average Bonchev–Trinajstić information content (AvgIpc) is 2.93. The Morgan fingerprint density at radius 2 is 2.10 bits per heavy atom. The Labute approximate surface area is 175 Å². The molecule has 4 N–H and O–H groups in total. The second-order valence-electron chi connectivity index (χ2n) is 7.08. The number of carbonyl (C=O) groups is 1. The van der Waals surface area contributed by atoms with E-state index in [4.69, 9.17) is 21.4 Å². The van der Waals surface area contributed by atoms with Gasteiger partial charge in [0, 0.05) is 23.8 Å². The second-order valence-corrected chi connectivity index (χ2v) is 7.51. The minimum Gasteiger partial charge on any atom is -0.491 e. The first-order valence-electron chi connectivity index (χ1n) is 9.59. The van der Waals surface area contributed by atoms with Crippen LogP contribution in [0.5, 0.6) is 5.75 Å². The number of ether oxygens (including phenoxy) is 1. The number of hydrogen-bond donors (Lipinski definition) is 4. The maximum absolute atomic E-state index is 10.5. The van der Waals surface area contributed by atoms with Crippen LogP contribution in [-0.4, -0.2) is 51.3 Å². The van der Waals surface area contributed by atoms with E-state index in [2.05, 4.69) is 5.73 Å². The van der Waals surface area contributed by atoms with Crippen molar-refractivity contribution in [1.29, 1.82) is 0 Å². The van der Waals surface area contributed by atoms with Crippen LogP contribution in [0.4, 0.5) is 0 Å². The predicted molar refractivity (Wildman–Crippen MR) is 110 cm³/mol. The molecule has 5 unspecified atom stereocenters. The van der Waals surface area contributed by atoms with Crippen LogP contribution in [0.15, 0.2) is 54.3 Å². The molecule has 2 rings (SSSR count). The molecule has 1 fully saturated rings. The Kier molecular flexibility index (Phi) is 9.45. The summed E-state index contributed by atoms with van der Waals surface area (Å²) in [5, 5.41) is 39.7. The number of carboxylic acid groups (broad SMARTS) is 1. The maximum atomic E-state index is 10.5. The summed E-state index contributed by atoms with van der Waals surface area (Å²) in [6.07, 6.45) is 5.66. The molecule has 0 aromatic heterocycles. The minimum atomic E-state index is -0.869. The van der Waals surface area contributed by atoms with E-state index in [1.165, 1.54) is 0 Å². The van der Waals surface area contributed by atoms with Crippen LogP contribution < -0.4 is 4.74 Å². The summed E-state index contributed by atoms with van der Waals surface area (Å²) in [5.74, 6) is -0.815. The molecule has 0 radical (unpaired) electrons. The van der Waals surface area contributed by atoms with Crippen LogP contribution in [-0.2, 0) is 4.79 Å². The van der Waals surface area contributed by atoms with E-state index >= 15 is 0 Å². The van der Waals surface area contributed by atoms with Crippen LogP contribution in [0.25, 0.3) is 0 Å². The Morgan fingerprint density at radius 1 is 1.31 bits per heavy atom. The Hall–Kier alpha value is -2.08. The van der Waals surface area contributed by atoms with Crippen molar-refractivity contribution in [3.8, 4) is 5.75 Å². The largest absolute Gasteiger partial charge is 0.491 e. The summed E-state index contributed by atoms with van der Waals surface area (Å²) in [5.41, 5.74) is 2.92. The highest BCUT2D eigenvalue weighted by Gasteiger charge is 2.39. The molecule has 0 aliphatic heterocycles. The van der Waals surface area contributed by atoms with E-state index in [1.54, 1.807) is 48.6 Å². The summed E-state index contributed by atoms with van der Waals surface area (Å²) in [4.78, 5) is 10.5. The number of aliphatic carboxylic acids is 1. The third kappa shape index (κ3) is 8.05. The average molecular weight is 423 g/mol. The van der Waals surface area contributed by atoms with Gasteiger partial charge in [0.05, 0.1) is 12.2 Å². The topological polar surface area (TPSA) is 107 Å². The highest BCUT2D eigenvalue weighted by molar-refractivity contribution is 6.30. The van der Waals surface area contributed by atoms with E-state index in [-0.39, 0.29) is 31.3 Å². The summed E-state index contributed by atoms with van der Waals surface area (Å²) in [6.45, 7) is 0.0408. The van der Waals surface area contributed by atoms with Gasteiger partial charge in [-0.1, -0.05) is 29.8 Å². The normalized spacial score (nSPS) is 24.8. The van der Waals surface area contributed by atoms with Gasteiger partial charge in [-0.05, 0) is 49.1 Å². The van der Waals surface area contributed by atoms with Gasteiger partial charge in [-0.25, -0.2) is 0 Å². The zero-order valence-corrected chi connectivity index (χ0v) is 16.8. The Bertz CT molecular complexity index is 755. The lowest BCUT2D eigenvalue weighted by molar-refractivity contribution is -0.136. The van der Waals surface area contributed by atoms with Crippen molar-refractivity contribution in [1.82, 2.24) is 0 Å². The zero-order valence-electron chi connectivity index (χ0n) is 16.0. The molecule has 6 nitrogen and oxygen atoms in total. The lowest BCUT2D eigenvalue weighted by Crippen LogP contribution is -2.21. The molecule has 0 heterocycles. The third-order valence-electron chi connectivity index (χ3n) is 4.82. The molecule has 1 saturated carbocycles. The van der Waals surface area contributed by atoms with Crippen LogP contribution in [0.3, 0.4) is 0 Å². The van der Waals surface area contributed by atoms with Crippen molar-refractivity contribution >= 4 is 17.6 Å². The minimum absolute atomic E-state index is 0.0408. The van der Waals surface area contributed by atoms with E-state index < -0.39 is 24.3 Å².